The molecule has 4 atom stereocenters. The predicted molar refractivity (Wildman–Crippen MR) is 122 cm³/mol. The topological polar surface area (TPSA) is 268 Å². The van der Waals surface area contributed by atoms with Gasteiger partial charge >= 0.3 is 17.9 Å². The summed E-state index contributed by atoms with van der Waals surface area (Å²) in [5.74, 6) is -7.54. The quantitative estimate of drug-likeness (QED) is 0.0909. The van der Waals surface area contributed by atoms with Crippen molar-refractivity contribution in [3.63, 3.8) is 0 Å². The molecule has 0 saturated heterocycles. The van der Waals surface area contributed by atoms with Crippen molar-refractivity contribution >= 4 is 53.3 Å². The molecular weight excluding hydrogens is 490 g/mol. The van der Waals surface area contributed by atoms with Crippen molar-refractivity contribution in [1.29, 1.82) is 0 Å². The van der Waals surface area contributed by atoms with Crippen LogP contribution in [0.15, 0.2) is 0 Å². The van der Waals surface area contributed by atoms with E-state index in [4.69, 9.17) is 26.8 Å². The third-order valence-corrected chi connectivity index (χ3v) is 5.20. The minimum Gasteiger partial charge on any atom is -0.481 e. The van der Waals surface area contributed by atoms with Gasteiger partial charge in [-0.25, -0.2) is 4.79 Å². The number of rotatable bonds is 18. The highest BCUT2D eigenvalue weighted by molar-refractivity contribution is 7.98. The predicted octanol–water partition coefficient (Wildman–Crippen LogP) is -2.79. The number of carbonyl (C=O) groups excluding carboxylic acids is 4. The molecule has 0 radical (unpaired) electrons. The average Bonchev–Trinajstić information content (AvgIpc) is 2.75. The van der Waals surface area contributed by atoms with Crippen LogP contribution in [0.25, 0.3) is 0 Å². The maximum Gasteiger partial charge on any atom is 0.326 e. The largest absolute Gasteiger partial charge is 0.481 e. The molecular formula is C19H31N5O10S. The van der Waals surface area contributed by atoms with E-state index in [1.54, 1.807) is 6.26 Å². The van der Waals surface area contributed by atoms with Crippen LogP contribution in [0.5, 0.6) is 0 Å². The molecule has 0 fully saturated rings. The number of carboxylic acids is 3. The lowest BCUT2D eigenvalue weighted by Gasteiger charge is -2.24. The normalized spacial score (nSPS) is 14.0. The first-order valence-electron chi connectivity index (χ1n) is 10.4. The number of amides is 4. The summed E-state index contributed by atoms with van der Waals surface area (Å²) in [6.07, 6.45) is -0.525. The van der Waals surface area contributed by atoms with E-state index in [2.05, 4.69) is 10.6 Å². The molecule has 0 aliphatic rings. The zero-order valence-corrected chi connectivity index (χ0v) is 19.8. The lowest BCUT2D eigenvalue weighted by Crippen LogP contribution is -2.57. The lowest BCUT2D eigenvalue weighted by molar-refractivity contribution is -0.147. The molecule has 0 bridgehead atoms. The number of aliphatic carboxylic acids is 3. The van der Waals surface area contributed by atoms with Crippen molar-refractivity contribution in [2.75, 3.05) is 12.0 Å². The molecule has 0 rings (SSSR count). The Kier molecular flexibility index (Phi) is 14.7. The summed E-state index contributed by atoms with van der Waals surface area (Å²) in [6, 6.07) is -5.77. The number of carboxylic acid groups (broad SMARTS) is 3. The van der Waals surface area contributed by atoms with Gasteiger partial charge in [0.25, 0.3) is 0 Å². The van der Waals surface area contributed by atoms with E-state index in [1.807, 2.05) is 5.32 Å². The van der Waals surface area contributed by atoms with E-state index in [0.29, 0.717) is 5.75 Å². The smallest absolute Gasteiger partial charge is 0.326 e. The average molecular weight is 522 g/mol. The van der Waals surface area contributed by atoms with Gasteiger partial charge in [-0.2, -0.15) is 11.8 Å². The van der Waals surface area contributed by atoms with Gasteiger partial charge in [-0.05, 0) is 31.3 Å². The lowest BCUT2D eigenvalue weighted by atomic mass is 10.1. The fraction of sp³-hybridized carbons (Fsp3) is 0.632. The second-order valence-electron chi connectivity index (χ2n) is 7.44. The zero-order valence-electron chi connectivity index (χ0n) is 19.0. The van der Waals surface area contributed by atoms with Gasteiger partial charge in [-0.1, -0.05) is 0 Å². The van der Waals surface area contributed by atoms with E-state index in [1.165, 1.54) is 11.8 Å². The Hall–Kier alpha value is -3.40. The van der Waals surface area contributed by atoms with E-state index in [-0.39, 0.29) is 19.3 Å². The Morgan fingerprint density at radius 1 is 0.743 bits per heavy atom. The number of nitrogens with two attached hydrogens (primary N) is 2. The SMILES string of the molecule is CSCCC(N)C(=O)NC(CCC(=O)O)C(=O)NC(CCC(N)=O)C(=O)NC(CC(=O)O)C(=O)O. The second kappa shape index (κ2) is 16.3. The maximum absolute atomic E-state index is 12.8. The van der Waals surface area contributed by atoms with Crippen LogP contribution in [0.1, 0.15) is 38.5 Å². The van der Waals surface area contributed by atoms with E-state index < -0.39 is 85.0 Å². The first-order chi connectivity index (χ1) is 16.3. The number of hydrogen-bond acceptors (Lipinski definition) is 9. The van der Waals surface area contributed by atoms with Gasteiger partial charge in [0.05, 0.1) is 12.5 Å². The van der Waals surface area contributed by atoms with E-state index in [0.717, 1.165) is 0 Å². The van der Waals surface area contributed by atoms with E-state index >= 15 is 0 Å². The summed E-state index contributed by atoms with van der Waals surface area (Å²) in [4.78, 5) is 82.0. The van der Waals surface area contributed by atoms with Crippen molar-refractivity contribution in [2.24, 2.45) is 11.5 Å². The molecule has 15 nitrogen and oxygen atoms in total. The van der Waals surface area contributed by atoms with Gasteiger partial charge in [0.1, 0.15) is 18.1 Å². The highest BCUT2D eigenvalue weighted by Crippen LogP contribution is 2.06. The first kappa shape index (κ1) is 31.6. The molecule has 0 aromatic rings. The third-order valence-electron chi connectivity index (χ3n) is 4.56. The van der Waals surface area contributed by atoms with Crippen LogP contribution >= 0.6 is 11.8 Å². The highest BCUT2D eigenvalue weighted by atomic mass is 32.2. The molecule has 0 aromatic heterocycles. The summed E-state index contributed by atoms with van der Waals surface area (Å²) in [7, 11) is 0. The van der Waals surface area contributed by atoms with Crippen LogP contribution in [0.2, 0.25) is 0 Å². The minimum atomic E-state index is -1.83. The number of hydrogen-bond donors (Lipinski definition) is 8. The third kappa shape index (κ3) is 13.8. The molecule has 4 amide bonds. The number of thioether (sulfide) groups is 1. The van der Waals surface area contributed by atoms with Crippen molar-refractivity contribution in [1.82, 2.24) is 16.0 Å². The van der Waals surface area contributed by atoms with Gasteiger partial charge < -0.3 is 42.7 Å². The molecule has 0 saturated carbocycles. The van der Waals surface area contributed by atoms with Crippen LogP contribution in [-0.2, 0) is 33.6 Å². The van der Waals surface area contributed by atoms with Crippen LogP contribution in [0.3, 0.4) is 0 Å². The molecule has 35 heavy (non-hydrogen) atoms. The van der Waals surface area contributed by atoms with Gasteiger partial charge in [-0.15, -0.1) is 0 Å². The van der Waals surface area contributed by atoms with E-state index in [9.17, 15) is 33.6 Å². The maximum atomic E-state index is 12.8. The number of carbonyl (C=O) groups is 7. The van der Waals surface area contributed by atoms with Gasteiger partial charge in [0.2, 0.25) is 23.6 Å². The summed E-state index contributed by atoms with van der Waals surface area (Å²) in [5.41, 5.74) is 10.8. The molecule has 0 aliphatic heterocycles. The van der Waals surface area contributed by atoms with Crippen LogP contribution in [-0.4, -0.2) is 93.0 Å². The molecule has 16 heteroatoms. The molecule has 4 unspecified atom stereocenters. The Bertz CT molecular complexity index is 809. The van der Waals surface area contributed by atoms with Gasteiger partial charge in [0.15, 0.2) is 0 Å². The van der Waals surface area contributed by atoms with Crippen molar-refractivity contribution in [3.05, 3.63) is 0 Å². The van der Waals surface area contributed by atoms with Crippen molar-refractivity contribution < 1.29 is 48.9 Å². The number of primary amides is 1. The van der Waals surface area contributed by atoms with Gasteiger partial charge in [0, 0.05) is 12.8 Å². The Balaban J connectivity index is 5.61. The molecule has 0 spiro atoms. The van der Waals surface area contributed by atoms with Crippen LogP contribution in [0.4, 0.5) is 0 Å². The number of nitrogens with one attached hydrogen (secondary N) is 3. The summed E-state index contributed by atoms with van der Waals surface area (Å²) < 4.78 is 0. The zero-order chi connectivity index (χ0) is 27.1. The standard InChI is InChI=1S/C19H31N5O10S/c1-35-7-6-9(20)16(30)22-11(3-5-14(26)27)17(31)23-10(2-4-13(21)25)18(32)24-12(19(33)34)8-15(28)29/h9-12H,2-8,20H2,1H3,(H2,21,25)(H,22,30)(H,23,31)(H,24,32)(H,26,27)(H,28,29)(H,33,34). The van der Waals surface area contributed by atoms with Crippen molar-refractivity contribution in [3.8, 4) is 0 Å². The summed E-state index contributed by atoms with van der Waals surface area (Å²) >= 11 is 1.44. The Labute approximate surface area is 204 Å². The molecule has 0 heterocycles. The van der Waals surface area contributed by atoms with Crippen LogP contribution < -0.4 is 27.4 Å². The molecule has 0 aromatic carbocycles. The second-order valence-corrected chi connectivity index (χ2v) is 8.43. The van der Waals surface area contributed by atoms with Gasteiger partial charge in [-0.3, -0.25) is 28.8 Å². The van der Waals surface area contributed by atoms with Crippen LogP contribution in [0, 0.1) is 0 Å². The highest BCUT2D eigenvalue weighted by Gasteiger charge is 2.31. The first-order valence-corrected chi connectivity index (χ1v) is 11.8. The Morgan fingerprint density at radius 2 is 1.23 bits per heavy atom. The summed E-state index contributed by atoms with van der Waals surface area (Å²) in [5, 5.41) is 33.4. The minimum absolute atomic E-state index is 0.282. The molecule has 10 N–H and O–H groups in total. The van der Waals surface area contributed by atoms with Crippen molar-refractivity contribution in [2.45, 2.75) is 62.7 Å². The fourth-order valence-corrected chi connectivity index (χ4v) is 3.16. The monoisotopic (exact) mass is 521 g/mol. The molecule has 0 aliphatic carbocycles. The summed E-state index contributed by atoms with van der Waals surface area (Å²) in [6.45, 7) is 0. The Morgan fingerprint density at radius 3 is 1.66 bits per heavy atom. The molecule has 198 valence electrons. The fourth-order valence-electron chi connectivity index (χ4n) is 2.67.